The Labute approximate surface area is 232 Å². The first-order valence-electron chi connectivity index (χ1n) is 13.3. The predicted octanol–water partition coefficient (Wildman–Crippen LogP) is 3.86. The molecular weight excluding hydrogens is 512 g/mol. The lowest BCUT2D eigenvalue weighted by Crippen LogP contribution is -2.56. The zero-order valence-electron chi connectivity index (χ0n) is 22.1. The maximum absolute atomic E-state index is 13.3. The Bertz CT molecular complexity index is 1320. The maximum atomic E-state index is 13.3. The van der Waals surface area contributed by atoms with Crippen LogP contribution in [0.4, 0.5) is 4.79 Å². The summed E-state index contributed by atoms with van der Waals surface area (Å²) in [5.74, 6) is -1.86. The van der Waals surface area contributed by atoms with Gasteiger partial charge in [0.15, 0.2) is 6.10 Å². The quantitative estimate of drug-likeness (QED) is 0.354. The van der Waals surface area contributed by atoms with Crippen molar-refractivity contribution in [2.45, 2.75) is 50.2 Å². The number of aliphatic carboxylic acids is 1. The van der Waals surface area contributed by atoms with Gasteiger partial charge >= 0.3 is 12.1 Å². The number of carbonyl (C=O) groups excluding carboxylic acids is 2. The number of hydrogen-bond donors (Lipinski definition) is 3. The van der Waals surface area contributed by atoms with Crippen molar-refractivity contribution in [3.63, 3.8) is 0 Å². The molecule has 0 aromatic heterocycles. The fourth-order valence-electron chi connectivity index (χ4n) is 5.31. The summed E-state index contributed by atoms with van der Waals surface area (Å²) in [5.41, 5.74) is 5.28. The zero-order chi connectivity index (χ0) is 28.1. The van der Waals surface area contributed by atoms with Gasteiger partial charge in [0.25, 0.3) is 0 Å². The molecule has 40 heavy (non-hydrogen) atoms. The van der Waals surface area contributed by atoms with Gasteiger partial charge in [0.05, 0.1) is 18.8 Å². The van der Waals surface area contributed by atoms with Crippen molar-refractivity contribution < 1.29 is 33.7 Å². The number of fused-ring (bicyclic) bond motifs is 3. The van der Waals surface area contributed by atoms with Gasteiger partial charge in [-0.3, -0.25) is 4.79 Å². The van der Waals surface area contributed by atoms with Gasteiger partial charge in [0, 0.05) is 12.5 Å². The smallest absolute Gasteiger partial charge is 0.407 e. The van der Waals surface area contributed by atoms with Crippen molar-refractivity contribution in [1.29, 1.82) is 0 Å². The molecule has 208 valence electrons. The Hall–Kier alpha value is -4.21. The minimum atomic E-state index is -1.16. The first kappa shape index (κ1) is 27.4. The number of nitrogens with one attached hydrogen (secondary N) is 2. The van der Waals surface area contributed by atoms with E-state index in [1.807, 2.05) is 66.7 Å². The molecule has 1 fully saturated rings. The molecule has 3 N–H and O–H groups in total. The third kappa shape index (κ3) is 6.00. The van der Waals surface area contributed by atoms with Crippen molar-refractivity contribution >= 4 is 18.0 Å². The molecule has 0 radical (unpaired) electrons. The molecule has 4 unspecified atom stereocenters. The number of alkyl carbamates (subject to hydrolysis) is 1. The summed E-state index contributed by atoms with van der Waals surface area (Å²) in [6.45, 7) is 2.21. The van der Waals surface area contributed by atoms with Crippen molar-refractivity contribution in [2.24, 2.45) is 0 Å². The van der Waals surface area contributed by atoms with Crippen molar-refractivity contribution in [3.8, 4) is 11.1 Å². The molecule has 1 aliphatic heterocycles. The highest BCUT2D eigenvalue weighted by molar-refractivity contribution is 5.87. The highest BCUT2D eigenvalue weighted by Gasteiger charge is 2.38. The van der Waals surface area contributed by atoms with E-state index in [0.717, 1.165) is 27.8 Å². The summed E-state index contributed by atoms with van der Waals surface area (Å²) in [6.07, 6.45) is -2.32. The van der Waals surface area contributed by atoms with Crippen LogP contribution < -0.4 is 10.6 Å². The van der Waals surface area contributed by atoms with Gasteiger partial charge in [-0.15, -0.1) is 0 Å². The third-order valence-electron chi connectivity index (χ3n) is 7.39. The fourth-order valence-corrected chi connectivity index (χ4v) is 5.31. The molecule has 3 aromatic carbocycles. The Morgan fingerprint density at radius 1 is 0.950 bits per heavy atom. The largest absolute Gasteiger partial charge is 0.479 e. The van der Waals surface area contributed by atoms with Crippen LogP contribution >= 0.6 is 0 Å². The second kappa shape index (κ2) is 12.3. The number of ether oxygens (including phenoxy) is 3. The fraction of sp³-hybridized carbons (Fsp3) is 0.323. The molecule has 1 saturated heterocycles. The molecule has 2 aliphatic rings. The molecular formula is C31H32N2O7. The van der Waals surface area contributed by atoms with E-state index >= 15 is 0 Å². The first-order chi connectivity index (χ1) is 19.4. The van der Waals surface area contributed by atoms with E-state index in [1.54, 1.807) is 6.92 Å². The van der Waals surface area contributed by atoms with Crippen LogP contribution in [0, 0.1) is 0 Å². The maximum Gasteiger partial charge on any atom is 0.407 e. The summed E-state index contributed by atoms with van der Waals surface area (Å²) in [6, 6.07) is 23.6. The number of rotatable bonds is 10. The lowest BCUT2D eigenvalue weighted by atomic mass is 9.98. The molecule has 0 spiro atoms. The summed E-state index contributed by atoms with van der Waals surface area (Å²) in [7, 11) is 0. The molecule has 9 nitrogen and oxygen atoms in total. The molecule has 9 heteroatoms. The predicted molar refractivity (Wildman–Crippen MR) is 147 cm³/mol. The monoisotopic (exact) mass is 544 g/mol. The zero-order valence-corrected chi connectivity index (χ0v) is 22.1. The summed E-state index contributed by atoms with van der Waals surface area (Å²) >= 11 is 0. The Morgan fingerprint density at radius 3 is 2.23 bits per heavy atom. The standard InChI is InChI=1S/C31H32N2O7/c1-19(39-17-20-9-3-2-4-10-20)27(29(34)32-26-15-16-38-28(26)30(35)36)33-31(37)40-18-25-23-13-7-5-11-21(23)22-12-6-8-14-24(22)25/h2-14,19,25-28H,15-18H2,1H3,(H,32,34)(H,33,37)(H,35,36). The van der Waals surface area contributed by atoms with E-state index in [4.69, 9.17) is 14.2 Å². The number of hydrogen-bond acceptors (Lipinski definition) is 6. The Kier molecular flexibility index (Phi) is 8.42. The number of carboxylic acid groups (broad SMARTS) is 1. The van der Waals surface area contributed by atoms with Crippen LogP contribution in [0.3, 0.4) is 0 Å². The molecule has 5 rings (SSSR count). The summed E-state index contributed by atoms with van der Waals surface area (Å²) in [5, 5.41) is 14.8. The van der Waals surface area contributed by atoms with Gasteiger partial charge in [-0.1, -0.05) is 78.9 Å². The molecule has 1 aliphatic carbocycles. The average molecular weight is 545 g/mol. The van der Waals surface area contributed by atoms with Gasteiger partial charge < -0.3 is 30.0 Å². The van der Waals surface area contributed by atoms with Gasteiger partial charge in [-0.2, -0.15) is 0 Å². The first-order valence-corrected chi connectivity index (χ1v) is 13.3. The molecule has 0 saturated carbocycles. The van der Waals surface area contributed by atoms with Gasteiger partial charge in [0.1, 0.15) is 12.6 Å². The van der Waals surface area contributed by atoms with E-state index in [9.17, 15) is 19.5 Å². The second-order valence-corrected chi connectivity index (χ2v) is 9.98. The minimum absolute atomic E-state index is 0.0883. The highest BCUT2D eigenvalue weighted by atomic mass is 16.6. The highest BCUT2D eigenvalue weighted by Crippen LogP contribution is 2.44. The Balaban J connectivity index is 1.27. The van der Waals surface area contributed by atoms with E-state index in [2.05, 4.69) is 22.8 Å². The molecule has 4 atom stereocenters. The van der Waals surface area contributed by atoms with Gasteiger partial charge in [-0.25, -0.2) is 9.59 Å². The topological polar surface area (TPSA) is 123 Å². The van der Waals surface area contributed by atoms with Gasteiger partial charge in [0.2, 0.25) is 5.91 Å². The lowest BCUT2D eigenvalue weighted by molar-refractivity contribution is -0.148. The van der Waals surface area contributed by atoms with Crippen molar-refractivity contribution in [3.05, 3.63) is 95.6 Å². The Morgan fingerprint density at radius 2 is 1.57 bits per heavy atom. The number of carbonyl (C=O) groups is 3. The van der Waals surface area contributed by atoms with Crippen molar-refractivity contribution in [2.75, 3.05) is 13.2 Å². The summed E-state index contributed by atoms with van der Waals surface area (Å²) in [4.78, 5) is 37.9. The normalized spacial score (nSPS) is 19.2. The second-order valence-electron chi connectivity index (χ2n) is 9.98. The minimum Gasteiger partial charge on any atom is -0.479 e. The van der Waals surface area contributed by atoms with Crippen LogP contribution in [-0.2, 0) is 30.4 Å². The molecule has 2 amide bonds. The van der Waals surface area contributed by atoms with E-state index in [1.165, 1.54) is 0 Å². The number of carboxylic acids is 1. The third-order valence-corrected chi connectivity index (χ3v) is 7.39. The molecule has 0 bridgehead atoms. The van der Waals surface area contributed by atoms with Crippen LogP contribution in [0.5, 0.6) is 0 Å². The molecule has 1 heterocycles. The van der Waals surface area contributed by atoms with E-state index < -0.39 is 42.3 Å². The van der Waals surface area contributed by atoms with Crippen LogP contribution in [0.2, 0.25) is 0 Å². The lowest BCUT2D eigenvalue weighted by Gasteiger charge is -2.27. The van der Waals surface area contributed by atoms with Crippen molar-refractivity contribution in [1.82, 2.24) is 10.6 Å². The van der Waals surface area contributed by atoms with Crippen LogP contribution in [0.1, 0.15) is 36.0 Å². The number of benzene rings is 3. The SMILES string of the molecule is CC(OCc1ccccc1)C(NC(=O)OCC1c2ccccc2-c2ccccc21)C(=O)NC1CCOC1C(=O)O. The van der Waals surface area contributed by atoms with Gasteiger partial charge in [-0.05, 0) is 41.2 Å². The van der Waals surface area contributed by atoms with Crippen LogP contribution in [-0.4, -0.2) is 60.6 Å². The van der Waals surface area contributed by atoms with E-state index in [0.29, 0.717) is 6.42 Å². The van der Waals surface area contributed by atoms with Crippen LogP contribution in [0.25, 0.3) is 11.1 Å². The van der Waals surface area contributed by atoms with E-state index in [-0.39, 0.29) is 25.7 Å². The van der Waals surface area contributed by atoms with Crippen LogP contribution in [0.15, 0.2) is 78.9 Å². The average Bonchev–Trinajstić information content (AvgIpc) is 3.56. The molecule has 3 aromatic rings. The summed E-state index contributed by atoms with van der Waals surface area (Å²) < 4.78 is 16.9. The number of amides is 2.